The minimum atomic E-state index is -0.106. The van der Waals surface area contributed by atoms with Crippen molar-refractivity contribution in [3.05, 3.63) is 77.6 Å². The topological polar surface area (TPSA) is 59.8 Å². The molecule has 0 fully saturated rings. The van der Waals surface area contributed by atoms with Crippen LogP contribution < -0.4 is 5.32 Å². The van der Waals surface area contributed by atoms with Gasteiger partial charge in [-0.2, -0.15) is 0 Å². The molecule has 0 radical (unpaired) electrons. The second-order valence-corrected chi connectivity index (χ2v) is 6.43. The first-order valence-electron chi connectivity index (χ1n) is 8.62. The Balaban J connectivity index is 1.49. The van der Waals surface area contributed by atoms with Crippen LogP contribution in [0.1, 0.15) is 40.0 Å². The van der Waals surface area contributed by atoms with Gasteiger partial charge in [0.1, 0.15) is 0 Å². The molecule has 4 rings (SSSR count). The van der Waals surface area contributed by atoms with E-state index in [4.69, 9.17) is 0 Å². The van der Waals surface area contributed by atoms with Gasteiger partial charge in [0, 0.05) is 30.2 Å². The van der Waals surface area contributed by atoms with E-state index < -0.39 is 0 Å². The summed E-state index contributed by atoms with van der Waals surface area (Å²) in [7, 11) is 0. The van der Waals surface area contributed by atoms with Crippen molar-refractivity contribution in [3.8, 4) is 0 Å². The van der Waals surface area contributed by atoms with E-state index in [2.05, 4.69) is 21.4 Å². The summed E-state index contributed by atoms with van der Waals surface area (Å²) in [6.07, 6.45) is 11.7. The van der Waals surface area contributed by atoms with Crippen LogP contribution in [0, 0.1) is 0 Å². The molecule has 0 unspecified atom stereocenters. The fourth-order valence-corrected chi connectivity index (χ4v) is 3.26. The van der Waals surface area contributed by atoms with Gasteiger partial charge in [-0.1, -0.05) is 12.1 Å². The Morgan fingerprint density at radius 1 is 1.20 bits per heavy atom. The zero-order chi connectivity index (χ0) is 17.1. The number of rotatable bonds is 4. The minimum absolute atomic E-state index is 0.106. The maximum Gasteiger partial charge on any atom is 0.255 e. The van der Waals surface area contributed by atoms with Gasteiger partial charge in [-0.15, -0.1) is 0 Å². The van der Waals surface area contributed by atoms with Gasteiger partial charge < -0.3 is 9.88 Å². The Kier molecular flexibility index (Phi) is 4.29. The van der Waals surface area contributed by atoms with Gasteiger partial charge in [0.2, 0.25) is 0 Å². The van der Waals surface area contributed by atoms with Crippen LogP contribution in [0.4, 0.5) is 5.69 Å². The normalized spacial score (nSPS) is 13.3. The molecule has 0 aliphatic heterocycles. The van der Waals surface area contributed by atoms with Gasteiger partial charge in [0.15, 0.2) is 0 Å². The van der Waals surface area contributed by atoms with Crippen LogP contribution in [-0.4, -0.2) is 20.4 Å². The number of aromatic nitrogens is 3. The van der Waals surface area contributed by atoms with Gasteiger partial charge in [-0.3, -0.25) is 9.78 Å². The largest absolute Gasteiger partial charge is 0.333 e. The van der Waals surface area contributed by atoms with Gasteiger partial charge >= 0.3 is 0 Å². The maximum atomic E-state index is 12.6. The highest BCUT2D eigenvalue weighted by atomic mass is 16.1. The van der Waals surface area contributed by atoms with Crippen LogP contribution in [0.15, 0.2) is 55.2 Å². The molecule has 0 saturated heterocycles. The number of nitrogens with zero attached hydrogens (tertiary/aromatic N) is 3. The second kappa shape index (κ2) is 6.89. The number of imidazole rings is 1. The zero-order valence-electron chi connectivity index (χ0n) is 14.0. The standard InChI is InChI=1S/C20H20N4O/c25-20(23-18-11-16-5-1-2-7-19(16)22-12-18)17-6-3-4-15(10-17)13-24-9-8-21-14-24/h3-4,6,8-12,14H,1-2,5,7,13H2,(H,23,25). The molecule has 1 N–H and O–H groups in total. The van der Waals surface area contributed by atoms with E-state index >= 15 is 0 Å². The number of benzene rings is 1. The molecule has 1 aliphatic rings. The summed E-state index contributed by atoms with van der Waals surface area (Å²) in [6.45, 7) is 0.696. The number of amides is 1. The fraction of sp³-hybridized carbons (Fsp3) is 0.250. The van der Waals surface area contributed by atoms with E-state index in [0.29, 0.717) is 12.1 Å². The second-order valence-electron chi connectivity index (χ2n) is 6.43. The molecule has 0 bridgehead atoms. The monoisotopic (exact) mass is 332 g/mol. The average molecular weight is 332 g/mol. The Morgan fingerprint density at radius 2 is 2.12 bits per heavy atom. The van der Waals surface area contributed by atoms with Crippen molar-refractivity contribution >= 4 is 11.6 Å². The molecular formula is C20H20N4O. The molecule has 5 heteroatoms. The molecule has 0 spiro atoms. The minimum Gasteiger partial charge on any atom is -0.333 e. The molecule has 2 aromatic heterocycles. The number of nitrogens with one attached hydrogen (secondary N) is 1. The Bertz CT molecular complexity index is 886. The van der Waals surface area contributed by atoms with E-state index in [1.54, 1.807) is 18.7 Å². The SMILES string of the molecule is O=C(Nc1cnc2c(c1)CCCC2)c1cccc(Cn2ccnc2)c1. The van der Waals surface area contributed by atoms with Crippen molar-refractivity contribution in [2.24, 2.45) is 0 Å². The highest BCUT2D eigenvalue weighted by molar-refractivity contribution is 6.04. The number of hydrogen-bond acceptors (Lipinski definition) is 3. The molecule has 3 aromatic rings. The summed E-state index contributed by atoms with van der Waals surface area (Å²) in [5, 5.41) is 2.97. The smallest absolute Gasteiger partial charge is 0.255 e. The molecule has 126 valence electrons. The van der Waals surface area contributed by atoms with E-state index in [1.165, 1.54) is 24.1 Å². The van der Waals surface area contributed by atoms with Crippen molar-refractivity contribution in [3.63, 3.8) is 0 Å². The first kappa shape index (κ1) is 15.6. The van der Waals surface area contributed by atoms with Gasteiger partial charge in [0.05, 0.1) is 18.2 Å². The summed E-state index contributed by atoms with van der Waals surface area (Å²) in [4.78, 5) is 21.1. The zero-order valence-corrected chi connectivity index (χ0v) is 14.0. The van der Waals surface area contributed by atoms with Crippen LogP contribution in [0.25, 0.3) is 0 Å². The van der Waals surface area contributed by atoms with Crippen molar-refractivity contribution in [1.29, 1.82) is 0 Å². The number of hydrogen-bond donors (Lipinski definition) is 1. The average Bonchev–Trinajstić information content (AvgIpc) is 3.15. The third kappa shape index (κ3) is 3.60. The van der Waals surface area contributed by atoms with E-state index in [-0.39, 0.29) is 5.91 Å². The lowest BCUT2D eigenvalue weighted by Gasteiger charge is -2.15. The summed E-state index contributed by atoms with van der Waals surface area (Å²) in [6, 6.07) is 9.73. The number of aryl methyl sites for hydroxylation is 2. The third-order valence-electron chi connectivity index (χ3n) is 4.54. The highest BCUT2D eigenvalue weighted by Crippen LogP contribution is 2.22. The maximum absolute atomic E-state index is 12.6. The molecular weight excluding hydrogens is 312 g/mol. The van der Waals surface area contributed by atoms with E-state index in [1.807, 2.05) is 35.0 Å². The van der Waals surface area contributed by atoms with Crippen LogP contribution >= 0.6 is 0 Å². The first-order chi connectivity index (χ1) is 12.3. The molecule has 1 amide bonds. The lowest BCUT2D eigenvalue weighted by Crippen LogP contribution is -2.14. The molecule has 1 aliphatic carbocycles. The lowest BCUT2D eigenvalue weighted by molar-refractivity contribution is 0.102. The van der Waals surface area contributed by atoms with Crippen molar-refractivity contribution < 1.29 is 4.79 Å². The molecule has 5 nitrogen and oxygen atoms in total. The molecule has 0 saturated carbocycles. The number of carbonyl (C=O) groups excluding carboxylic acids is 1. The van der Waals surface area contributed by atoms with Crippen molar-refractivity contribution in [1.82, 2.24) is 14.5 Å². The fourth-order valence-electron chi connectivity index (χ4n) is 3.26. The molecule has 2 heterocycles. The predicted octanol–water partition coefficient (Wildman–Crippen LogP) is 3.46. The molecule has 1 aromatic carbocycles. The summed E-state index contributed by atoms with van der Waals surface area (Å²) < 4.78 is 1.98. The van der Waals surface area contributed by atoms with Crippen molar-refractivity contribution in [2.75, 3.05) is 5.32 Å². The summed E-state index contributed by atoms with van der Waals surface area (Å²) >= 11 is 0. The summed E-state index contributed by atoms with van der Waals surface area (Å²) in [5.41, 5.74) is 4.92. The number of anilines is 1. The van der Waals surface area contributed by atoms with Gasteiger partial charge in [-0.05, 0) is 55.0 Å². The number of carbonyl (C=O) groups is 1. The Labute approximate surface area is 146 Å². The van der Waals surface area contributed by atoms with Gasteiger partial charge in [0.25, 0.3) is 5.91 Å². The predicted molar refractivity (Wildman–Crippen MR) is 96.6 cm³/mol. The van der Waals surface area contributed by atoms with Crippen LogP contribution in [0.2, 0.25) is 0 Å². The third-order valence-corrected chi connectivity index (χ3v) is 4.54. The van der Waals surface area contributed by atoms with Crippen LogP contribution in [0.5, 0.6) is 0 Å². The highest BCUT2D eigenvalue weighted by Gasteiger charge is 2.13. The molecule has 25 heavy (non-hydrogen) atoms. The number of pyridine rings is 1. The Morgan fingerprint density at radius 3 is 3.00 bits per heavy atom. The van der Waals surface area contributed by atoms with E-state index in [0.717, 1.165) is 24.1 Å². The lowest BCUT2D eigenvalue weighted by atomic mass is 9.96. The van der Waals surface area contributed by atoms with Crippen LogP contribution in [-0.2, 0) is 19.4 Å². The quantitative estimate of drug-likeness (QED) is 0.796. The van der Waals surface area contributed by atoms with Crippen LogP contribution in [0.3, 0.4) is 0 Å². The van der Waals surface area contributed by atoms with E-state index in [9.17, 15) is 4.79 Å². The van der Waals surface area contributed by atoms with Gasteiger partial charge in [-0.25, -0.2) is 4.98 Å². The number of fused-ring (bicyclic) bond motifs is 1. The summed E-state index contributed by atoms with van der Waals surface area (Å²) in [5.74, 6) is -0.106. The van der Waals surface area contributed by atoms with Crippen molar-refractivity contribution in [2.45, 2.75) is 32.2 Å². The first-order valence-corrected chi connectivity index (χ1v) is 8.62. The Hall–Kier alpha value is -2.95. The molecule has 0 atom stereocenters.